The number of rotatable bonds is 7. The summed E-state index contributed by atoms with van der Waals surface area (Å²) in [7, 11) is 0. The summed E-state index contributed by atoms with van der Waals surface area (Å²) < 4.78 is 6.20. The van der Waals surface area contributed by atoms with Crippen LogP contribution in [0, 0.1) is 0 Å². The lowest BCUT2D eigenvalue weighted by Crippen LogP contribution is -2.36. The molecule has 1 unspecified atom stereocenters. The van der Waals surface area contributed by atoms with Crippen LogP contribution in [0.1, 0.15) is 30.6 Å². The fourth-order valence-electron chi connectivity index (χ4n) is 2.54. The Morgan fingerprint density at radius 3 is 2.46 bits per heavy atom. The maximum absolute atomic E-state index is 12.7. The van der Waals surface area contributed by atoms with E-state index < -0.39 is 11.2 Å². The van der Waals surface area contributed by atoms with Gasteiger partial charge in [0.05, 0.1) is 10.5 Å². The van der Waals surface area contributed by atoms with Gasteiger partial charge in [0.1, 0.15) is 0 Å². The zero-order valence-electron chi connectivity index (χ0n) is 15.4. The third-order valence-corrected chi connectivity index (χ3v) is 5.44. The topological polar surface area (TPSA) is 99.1 Å². The predicted molar refractivity (Wildman–Crippen MR) is 102 cm³/mol. The van der Waals surface area contributed by atoms with Crippen LogP contribution in [0.2, 0.25) is 0 Å². The second kappa shape index (κ2) is 8.71. The minimum absolute atomic E-state index is 0.0410. The number of hydrogen-bond donors (Lipinski definition) is 1. The number of ketones is 1. The molecule has 0 fully saturated rings. The number of hydrogen-bond acceptors (Lipinski definition) is 6. The van der Waals surface area contributed by atoms with Gasteiger partial charge in [-0.15, -0.1) is 0 Å². The first-order valence-corrected chi connectivity index (χ1v) is 9.60. The SMILES string of the molecule is CCC(Sc1c([O-])on[n+]1-c1ccccc1)C(=O)Nc1ccc(C(C)=O)cc1. The fourth-order valence-corrected chi connectivity index (χ4v) is 3.51. The van der Waals surface area contributed by atoms with Crippen LogP contribution in [-0.2, 0) is 4.79 Å². The van der Waals surface area contributed by atoms with E-state index >= 15 is 0 Å². The van der Waals surface area contributed by atoms with Crippen LogP contribution >= 0.6 is 11.8 Å². The lowest BCUT2D eigenvalue weighted by molar-refractivity contribution is -0.705. The summed E-state index contributed by atoms with van der Waals surface area (Å²) in [6, 6.07) is 15.8. The molecule has 0 aliphatic carbocycles. The van der Waals surface area contributed by atoms with Crippen molar-refractivity contribution in [1.82, 2.24) is 5.27 Å². The van der Waals surface area contributed by atoms with Gasteiger partial charge in [0.2, 0.25) is 11.6 Å². The first kappa shape index (κ1) is 19.6. The van der Waals surface area contributed by atoms with E-state index in [4.69, 9.17) is 4.52 Å². The molecule has 0 aliphatic heterocycles. The van der Waals surface area contributed by atoms with Gasteiger partial charge in [-0.2, -0.15) is 0 Å². The minimum Gasteiger partial charge on any atom is -0.538 e. The molecule has 1 amide bonds. The number of anilines is 1. The van der Waals surface area contributed by atoms with E-state index in [2.05, 4.69) is 10.6 Å². The molecular formula is C20H19N3O4S. The van der Waals surface area contributed by atoms with Crippen molar-refractivity contribution in [1.29, 1.82) is 0 Å². The van der Waals surface area contributed by atoms with Crippen LogP contribution in [0.15, 0.2) is 64.1 Å². The van der Waals surface area contributed by atoms with Crippen molar-refractivity contribution in [3.8, 4) is 11.6 Å². The summed E-state index contributed by atoms with van der Waals surface area (Å²) in [4.78, 5) is 24.0. The van der Waals surface area contributed by atoms with Crippen molar-refractivity contribution in [2.75, 3.05) is 5.32 Å². The number of amides is 1. The second-order valence-corrected chi connectivity index (χ2v) is 7.24. The Labute approximate surface area is 166 Å². The highest BCUT2D eigenvalue weighted by atomic mass is 32.2. The molecule has 1 aromatic heterocycles. The Morgan fingerprint density at radius 1 is 1.18 bits per heavy atom. The molecule has 0 spiro atoms. The number of aromatic nitrogens is 2. The summed E-state index contributed by atoms with van der Waals surface area (Å²) in [5.74, 6) is -0.880. The number of Topliss-reactive ketones (excluding diaryl/α,β-unsaturated/α-hetero) is 1. The number of benzene rings is 2. The average molecular weight is 397 g/mol. The number of carbonyl (C=O) groups is 2. The fraction of sp³-hybridized carbons (Fsp3) is 0.200. The highest BCUT2D eigenvalue weighted by Gasteiger charge is 2.28. The maximum atomic E-state index is 12.7. The lowest BCUT2D eigenvalue weighted by Gasteiger charge is -2.13. The summed E-state index contributed by atoms with van der Waals surface area (Å²) in [5, 5.41) is 18.4. The molecule has 3 rings (SSSR count). The molecule has 2 aromatic carbocycles. The number of thioether (sulfide) groups is 1. The first-order chi connectivity index (χ1) is 13.5. The van der Waals surface area contributed by atoms with Crippen LogP contribution in [-0.4, -0.2) is 22.2 Å². The average Bonchev–Trinajstić information content (AvgIpc) is 3.07. The van der Waals surface area contributed by atoms with Crippen molar-refractivity contribution in [3.63, 3.8) is 0 Å². The third-order valence-electron chi connectivity index (χ3n) is 4.05. The normalized spacial score (nSPS) is 11.8. The van der Waals surface area contributed by atoms with E-state index in [9.17, 15) is 14.7 Å². The molecule has 0 saturated heterocycles. The van der Waals surface area contributed by atoms with Crippen LogP contribution in [0.25, 0.3) is 5.69 Å². The van der Waals surface area contributed by atoms with Gasteiger partial charge < -0.3 is 14.9 Å². The second-order valence-electron chi connectivity index (χ2n) is 6.05. The number of carbonyl (C=O) groups excluding carboxylic acids is 2. The van der Waals surface area contributed by atoms with Gasteiger partial charge in [-0.1, -0.05) is 25.1 Å². The van der Waals surface area contributed by atoms with E-state index in [0.717, 1.165) is 11.8 Å². The minimum atomic E-state index is -0.592. The number of nitrogens with one attached hydrogen (secondary N) is 1. The molecule has 7 nitrogen and oxygen atoms in total. The standard InChI is InChI=1S/C20H19N3O4S/c1-3-17(18(25)21-15-11-9-14(10-12-15)13(2)24)28-19-20(26)27-22-23(19)16-7-5-4-6-8-16/h4-12,17H,3H2,1-2H3,(H-,21,22,24,25,26). The molecule has 0 bridgehead atoms. The molecule has 144 valence electrons. The van der Waals surface area contributed by atoms with Gasteiger partial charge in [0.25, 0.3) is 5.03 Å². The predicted octanol–water partition coefficient (Wildman–Crippen LogP) is 2.74. The molecule has 1 atom stereocenters. The highest BCUT2D eigenvalue weighted by Crippen LogP contribution is 2.29. The van der Waals surface area contributed by atoms with Crippen molar-refractivity contribution in [2.45, 2.75) is 30.5 Å². The Morgan fingerprint density at radius 2 is 1.86 bits per heavy atom. The summed E-state index contributed by atoms with van der Waals surface area (Å²) in [6.07, 6.45) is 0.501. The van der Waals surface area contributed by atoms with Gasteiger partial charge in [0.15, 0.2) is 11.7 Å². The summed E-state index contributed by atoms with van der Waals surface area (Å²) >= 11 is 1.11. The van der Waals surface area contributed by atoms with Crippen molar-refractivity contribution < 1.29 is 23.9 Å². The van der Waals surface area contributed by atoms with E-state index in [1.54, 1.807) is 36.4 Å². The quantitative estimate of drug-likeness (QED) is 0.374. The van der Waals surface area contributed by atoms with E-state index in [-0.39, 0.29) is 16.7 Å². The smallest absolute Gasteiger partial charge is 0.298 e. The van der Waals surface area contributed by atoms with Gasteiger partial charge >= 0.3 is 0 Å². The zero-order chi connectivity index (χ0) is 20.1. The van der Waals surface area contributed by atoms with Crippen LogP contribution in [0.3, 0.4) is 0 Å². The summed E-state index contributed by atoms with van der Waals surface area (Å²) in [6.45, 7) is 3.35. The molecule has 0 radical (unpaired) electrons. The molecule has 28 heavy (non-hydrogen) atoms. The number of nitrogens with zero attached hydrogens (tertiary/aromatic N) is 2. The summed E-state index contributed by atoms with van der Waals surface area (Å²) in [5.41, 5.74) is 1.83. The molecule has 1 N–H and O–H groups in total. The first-order valence-electron chi connectivity index (χ1n) is 8.72. The van der Waals surface area contributed by atoms with Crippen LogP contribution in [0.5, 0.6) is 5.95 Å². The molecule has 0 saturated carbocycles. The van der Waals surface area contributed by atoms with Gasteiger partial charge in [-0.3, -0.25) is 9.59 Å². The Balaban J connectivity index is 1.76. The van der Waals surface area contributed by atoms with Gasteiger partial charge in [-0.05, 0) is 54.1 Å². The van der Waals surface area contributed by atoms with E-state index in [1.807, 2.05) is 25.1 Å². The Bertz CT molecular complexity index is 971. The zero-order valence-corrected chi connectivity index (χ0v) is 16.2. The largest absolute Gasteiger partial charge is 0.538 e. The molecular weight excluding hydrogens is 378 g/mol. The van der Waals surface area contributed by atoms with Crippen molar-refractivity contribution in [3.05, 3.63) is 60.2 Å². The molecule has 3 aromatic rings. The molecule has 8 heteroatoms. The van der Waals surface area contributed by atoms with Crippen LogP contribution < -0.4 is 15.1 Å². The van der Waals surface area contributed by atoms with E-state index in [1.165, 1.54) is 11.6 Å². The van der Waals surface area contributed by atoms with Gasteiger partial charge in [0, 0.05) is 23.4 Å². The van der Waals surface area contributed by atoms with Crippen LogP contribution in [0.4, 0.5) is 5.69 Å². The monoisotopic (exact) mass is 397 g/mol. The molecule has 1 heterocycles. The van der Waals surface area contributed by atoms with Crippen molar-refractivity contribution >= 4 is 29.1 Å². The highest BCUT2D eigenvalue weighted by molar-refractivity contribution is 8.00. The lowest BCUT2D eigenvalue weighted by atomic mass is 10.1. The van der Waals surface area contributed by atoms with Gasteiger partial charge in [-0.25, -0.2) is 0 Å². The van der Waals surface area contributed by atoms with Crippen molar-refractivity contribution in [2.24, 2.45) is 0 Å². The number of para-hydroxylation sites is 1. The van der Waals surface area contributed by atoms with E-state index in [0.29, 0.717) is 23.4 Å². The molecule has 0 aliphatic rings. The third kappa shape index (κ3) is 4.40. The maximum Gasteiger partial charge on any atom is 0.298 e. The Hall–Kier alpha value is -3.13. The Kier molecular flexibility index (Phi) is 6.10.